The second-order valence-electron chi connectivity index (χ2n) is 22.7. The molecule has 0 radical (unpaired) electrons. The van der Waals surface area contributed by atoms with E-state index >= 15 is 0 Å². The van der Waals surface area contributed by atoms with Crippen LogP contribution in [0.2, 0.25) is 0 Å². The molecule has 0 fully saturated rings. The molecule has 91 heavy (non-hydrogen) atoms. The number of benzene rings is 14. The van der Waals surface area contributed by atoms with Crippen molar-refractivity contribution in [2.75, 3.05) is 4.90 Å². The Morgan fingerprint density at radius 2 is 0.374 bits per heavy atom. The summed E-state index contributed by atoms with van der Waals surface area (Å²) in [6, 6.07) is 130. The van der Waals surface area contributed by atoms with Crippen molar-refractivity contribution >= 4 is 17.1 Å². The molecule has 0 N–H and O–H groups in total. The van der Waals surface area contributed by atoms with Gasteiger partial charge in [0.05, 0.1) is 17.1 Å². The van der Waals surface area contributed by atoms with Gasteiger partial charge in [-0.15, -0.1) is 0 Å². The van der Waals surface area contributed by atoms with Crippen molar-refractivity contribution in [3.63, 3.8) is 0 Å². The molecule has 4 heteroatoms. The lowest BCUT2D eigenvalue weighted by Crippen LogP contribution is -2.15. The molecule has 4 nitrogen and oxygen atoms in total. The van der Waals surface area contributed by atoms with Crippen molar-refractivity contribution in [1.82, 2.24) is 15.0 Å². The molecule has 0 saturated heterocycles. The summed E-state index contributed by atoms with van der Waals surface area (Å²) in [5, 5.41) is 0. The maximum atomic E-state index is 5.64. The van der Waals surface area contributed by atoms with Gasteiger partial charge >= 0.3 is 0 Å². The van der Waals surface area contributed by atoms with Crippen LogP contribution in [0.25, 0.3) is 134 Å². The van der Waals surface area contributed by atoms with Gasteiger partial charge in [-0.25, -0.2) is 15.0 Å². The number of nitrogens with zero attached hydrogens (tertiary/aromatic N) is 4. The van der Waals surface area contributed by atoms with Gasteiger partial charge in [-0.3, -0.25) is 0 Å². The molecule has 0 atom stereocenters. The zero-order chi connectivity index (χ0) is 60.7. The van der Waals surface area contributed by atoms with Crippen LogP contribution in [-0.4, -0.2) is 15.0 Å². The summed E-state index contributed by atoms with van der Waals surface area (Å²) in [4.78, 5) is 19.2. The van der Waals surface area contributed by atoms with Crippen molar-refractivity contribution in [2.24, 2.45) is 0 Å². The lowest BCUT2D eigenvalue weighted by Gasteiger charge is -2.34. The third kappa shape index (κ3) is 11.7. The van der Waals surface area contributed by atoms with Gasteiger partial charge in [0, 0.05) is 38.9 Å². The number of hydrogen-bond acceptors (Lipinski definition) is 4. The molecule has 0 spiro atoms. The minimum Gasteiger partial charge on any atom is -0.308 e. The molecule has 1 aromatic heterocycles. The quantitative estimate of drug-likeness (QED) is 0.103. The second kappa shape index (κ2) is 25.3. The molecule has 15 aromatic rings. The fourth-order valence-corrected chi connectivity index (χ4v) is 12.4. The summed E-state index contributed by atoms with van der Waals surface area (Å²) in [6.07, 6.45) is 0. The van der Waals surface area contributed by atoms with E-state index in [1.54, 1.807) is 0 Å². The zero-order valence-electron chi connectivity index (χ0n) is 49.9. The van der Waals surface area contributed by atoms with Crippen molar-refractivity contribution in [3.05, 3.63) is 364 Å². The number of rotatable bonds is 15. The van der Waals surface area contributed by atoms with E-state index in [2.05, 4.69) is 369 Å². The predicted octanol–water partition coefficient (Wildman–Crippen LogP) is 23.3. The Hall–Kier alpha value is -12.1. The maximum absolute atomic E-state index is 5.64. The highest BCUT2D eigenvalue weighted by Crippen LogP contribution is 2.53. The lowest BCUT2D eigenvalue weighted by atomic mass is 9.89. The van der Waals surface area contributed by atoms with Gasteiger partial charge in [-0.1, -0.05) is 309 Å². The van der Waals surface area contributed by atoms with Crippen molar-refractivity contribution in [1.29, 1.82) is 0 Å². The largest absolute Gasteiger partial charge is 0.308 e. The normalized spacial score (nSPS) is 11.1. The lowest BCUT2D eigenvalue weighted by molar-refractivity contribution is 1.07. The fraction of sp³-hybridized carbons (Fsp3) is 0. The van der Waals surface area contributed by atoms with Crippen LogP contribution in [0.1, 0.15) is 0 Å². The third-order valence-corrected chi connectivity index (χ3v) is 16.9. The summed E-state index contributed by atoms with van der Waals surface area (Å²) >= 11 is 0. The van der Waals surface area contributed by atoms with Crippen LogP contribution in [0.3, 0.4) is 0 Å². The summed E-state index contributed by atoms with van der Waals surface area (Å²) in [7, 11) is 0. The van der Waals surface area contributed by atoms with Gasteiger partial charge in [0.1, 0.15) is 0 Å². The Bertz CT molecular complexity index is 4730. The van der Waals surface area contributed by atoms with Crippen molar-refractivity contribution in [2.45, 2.75) is 0 Å². The van der Waals surface area contributed by atoms with Crippen LogP contribution < -0.4 is 4.90 Å². The van der Waals surface area contributed by atoms with Crippen molar-refractivity contribution < 1.29 is 0 Å². The van der Waals surface area contributed by atoms with Crippen LogP contribution in [-0.2, 0) is 0 Å². The maximum Gasteiger partial charge on any atom is 0.164 e. The molecule has 0 aliphatic heterocycles. The first-order chi connectivity index (χ1) is 45.1. The summed E-state index contributed by atoms with van der Waals surface area (Å²) in [5.41, 5.74) is 25.1. The SMILES string of the molecule is c1ccc(-c2ccc(-c3nc(-c4cc(-c5ccccc5)cc(-c5ccccc5)c4)nc(-c4cc(-c5ccccc5)c(N(c5ccc(-c6ccccc6)cc5-c5ccccc5)c5ccc(-c6ccccc6)cc5-c5ccccc5)c(-c5ccccc5)c4)n3)cc2)cc1. The van der Waals surface area contributed by atoms with Crippen LogP contribution in [0.4, 0.5) is 17.1 Å². The molecule has 0 saturated carbocycles. The summed E-state index contributed by atoms with van der Waals surface area (Å²) in [5.74, 6) is 1.67. The first-order valence-electron chi connectivity index (χ1n) is 30.9. The smallest absolute Gasteiger partial charge is 0.164 e. The standard InChI is InChI=1S/C87H60N4/c1-10-28-61(29-11-1)66-46-48-71(49-47-66)85-88-86(76-55-74(64-34-16-4-17-35-64)54-75(56-76)65-36-18-5-19-37-65)90-87(89-85)77-59-80(69-42-24-8-25-43-69)84(81(60-77)70-44-26-9-27-45-70)91(82-52-50-72(62-30-12-2-13-31-62)57-78(82)67-38-20-6-21-39-67)83-53-51-73(63-32-14-3-15-33-63)58-79(83)68-40-22-7-23-41-68/h1-60H. The Morgan fingerprint density at radius 3 is 0.714 bits per heavy atom. The van der Waals surface area contributed by atoms with E-state index < -0.39 is 0 Å². The van der Waals surface area contributed by atoms with E-state index in [4.69, 9.17) is 15.0 Å². The van der Waals surface area contributed by atoms with Gasteiger partial charge in [0.15, 0.2) is 17.5 Å². The van der Waals surface area contributed by atoms with E-state index in [1.807, 2.05) is 0 Å². The fourth-order valence-electron chi connectivity index (χ4n) is 12.4. The predicted molar refractivity (Wildman–Crippen MR) is 380 cm³/mol. The van der Waals surface area contributed by atoms with Crippen LogP contribution in [0, 0.1) is 0 Å². The Labute approximate surface area is 532 Å². The first-order valence-corrected chi connectivity index (χ1v) is 30.9. The highest BCUT2D eigenvalue weighted by atomic mass is 15.2. The van der Waals surface area contributed by atoms with Crippen LogP contribution in [0.5, 0.6) is 0 Å². The molecular weight excluding hydrogens is 1100 g/mol. The van der Waals surface area contributed by atoms with Gasteiger partial charge in [-0.05, 0) is 132 Å². The molecule has 15 rings (SSSR count). The Balaban J connectivity index is 1.04. The van der Waals surface area contributed by atoms with E-state index in [-0.39, 0.29) is 0 Å². The van der Waals surface area contributed by atoms with E-state index in [9.17, 15) is 0 Å². The Morgan fingerprint density at radius 1 is 0.154 bits per heavy atom. The zero-order valence-corrected chi connectivity index (χ0v) is 49.9. The average Bonchev–Trinajstić information content (AvgIpc) is 0.977. The minimum atomic E-state index is 0.542. The molecule has 428 valence electrons. The third-order valence-electron chi connectivity index (χ3n) is 16.9. The minimum absolute atomic E-state index is 0.542. The molecular formula is C87H60N4. The molecule has 0 bridgehead atoms. The molecule has 14 aromatic carbocycles. The van der Waals surface area contributed by atoms with Gasteiger partial charge in [0.2, 0.25) is 0 Å². The highest BCUT2D eigenvalue weighted by molar-refractivity contribution is 6.05. The van der Waals surface area contributed by atoms with E-state index in [0.29, 0.717) is 17.5 Å². The van der Waals surface area contributed by atoms with Crippen molar-refractivity contribution in [3.8, 4) is 134 Å². The van der Waals surface area contributed by atoms with Crippen LogP contribution >= 0.6 is 0 Å². The Kier molecular flexibility index (Phi) is 15.4. The topological polar surface area (TPSA) is 41.9 Å². The van der Waals surface area contributed by atoms with E-state index in [0.717, 1.165) is 134 Å². The summed E-state index contributed by atoms with van der Waals surface area (Å²) in [6.45, 7) is 0. The van der Waals surface area contributed by atoms with Gasteiger partial charge in [0.25, 0.3) is 0 Å². The summed E-state index contributed by atoms with van der Waals surface area (Å²) < 4.78 is 0. The first kappa shape index (κ1) is 55.5. The van der Waals surface area contributed by atoms with Gasteiger partial charge in [-0.2, -0.15) is 0 Å². The monoisotopic (exact) mass is 1160 g/mol. The number of hydrogen-bond donors (Lipinski definition) is 0. The molecule has 1 heterocycles. The molecule has 0 aliphatic rings. The van der Waals surface area contributed by atoms with Gasteiger partial charge < -0.3 is 4.90 Å². The second-order valence-corrected chi connectivity index (χ2v) is 22.7. The molecule has 0 aliphatic carbocycles. The average molecular weight is 1160 g/mol. The number of aromatic nitrogens is 3. The van der Waals surface area contributed by atoms with E-state index in [1.165, 1.54) is 0 Å². The number of anilines is 3. The van der Waals surface area contributed by atoms with Crippen LogP contribution in [0.15, 0.2) is 364 Å². The molecule has 0 amide bonds. The molecule has 0 unspecified atom stereocenters. The highest BCUT2D eigenvalue weighted by Gasteiger charge is 2.29.